The predicted octanol–water partition coefficient (Wildman–Crippen LogP) is 3.29. The molecule has 0 spiro atoms. The summed E-state index contributed by atoms with van der Waals surface area (Å²) in [7, 11) is 1.64. The fourth-order valence-electron chi connectivity index (χ4n) is 2.92. The zero-order valence-corrected chi connectivity index (χ0v) is 15.1. The quantitative estimate of drug-likeness (QED) is 0.751. The second-order valence-electron chi connectivity index (χ2n) is 6.16. The lowest BCUT2D eigenvalue weighted by Crippen LogP contribution is -2.41. The van der Waals surface area contributed by atoms with Crippen LogP contribution in [0.5, 0.6) is 5.75 Å². The predicted molar refractivity (Wildman–Crippen MR) is 94.5 cm³/mol. The van der Waals surface area contributed by atoms with Gasteiger partial charge in [0.2, 0.25) is 0 Å². The Morgan fingerprint density at radius 2 is 2.08 bits per heavy atom. The van der Waals surface area contributed by atoms with Crippen LogP contribution in [0, 0.1) is 0 Å². The molecule has 26 heavy (non-hydrogen) atoms. The molecule has 6 heteroatoms. The Morgan fingerprint density at radius 3 is 2.81 bits per heavy atom. The molecule has 1 aromatic rings. The zero-order chi connectivity index (χ0) is 18.4. The van der Waals surface area contributed by atoms with E-state index in [4.69, 9.17) is 23.7 Å². The van der Waals surface area contributed by atoms with E-state index in [9.17, 15) is 4.79 Å². The first-order chi connectivity index (χ1) is 12.7. The van der Waals surface area contributed by atoms with Gasteiger partial charge in [-0.05, 0) is 43.2 Å². The van der Waals surface area contributed by atoms with Crippen LogP contribution in [0.3, 0.4) is 0 Å². The summed E-state index contributed by atoms with van der Waals surface area (Å²) in [5, 5.41) is 0. The summed E-state index contributed by atoms with van der Waals surface area (Å²) in [6, 6.07) is 7.68. The molecule has 0 unspecified atom stereocenters. The number of hydrogen-bond acceptors (Lipinski definition) is 6. The smallest absolute Gasteiger partial charge is 0.302 e. The Bertz CT molecular complexity index is 663. The first-order valence-electron chi connectivity index (χ1n) is 8.73. The van der Waals surface area contributed by atoms with E-state index >= 15 is 0 Å². The molecule has 3 rings (SSSR count). The number of fused-ring (bicyclic) bond motifs is 1. The molecule has 6 nitrogen and oxygen atoms in total. The molecule has 0 aromatic heterocycles. The lowest BCUT2D eigenvalue weighted by molar-refractivity contribution is -0.258. The first-order valence-corrected chi connectivity index (χ1v) is 8.73. The van der Waals surface area contributed by atoms with E-state index < -0.39 is 6.29 Å². The summed E-state index contributed by atoms with van der Waals surface area (Å²) in [6.07, 6.45) is 6.73. The minimum Gasteiger partial charge on any atom is -0.497 e. The molecule has 0 bridgehead atoms. The highest BCUT2D eigenvalue weighted by Gasteiger charge is 2.35. The number of ether oxygens (including phenoxy) is 5. The van der Waals surface area contributed by atoms with Crippen molar-refractivity contribution in [3.05, 3.63) is 53.8 Å². The fraction of sp³-hybridized carbons (Fsp3) is 0.450. The SMILES string of the molecule is COc1ccc([C@H]2OC[C@@H]3OC(/C=C/COC(C)=O)=CCC[C@H]3O2)cc1. The molecule has 0 radical (unpaired) electrons. The molecular formula is C20H24O6. The standard InChI is InChI=1S/C20H24O6/c1-14(21)23-12-4-6-17-5-3-7-18-19(25-17)13-24-20(26-18)15-8-10-16(22-2)11-9-15/h4-6,8-11,18-20H,3,7,12-13H2,1-2H3/b6-4+/t18-,19+,20+/m1/s1. The van der Waals surface area contributed by atoms with Crippen molar-refractivity contribution in [3.8, 4) is 5.75 Å². The Morgan fingerprint density at radius 1 is 1.27 bits per heavy atom. The molecule has 0 saturated carbocycles. The highest BCUT2D eigenvalue weighted by molar-refractivity contribution is 5.66. The van der Waals surface area contributed by atoms with Crippen molar-refractivity contribution in [2.45, 2.75) is 38.3 Å². The maximum atomic E-state index is 10.8. The van der Waals surface area contributed by atoms with E-state index in [1.807, 2.05) is 36.4 Å². The minimum atomic E-state index is -0.396. The zero-order valence-electron chi connectivity index (χ0n) is 15.1. The third-order valence-corrected chi connectivity index (χ3v) is 4.26. The van der Waals surface area contributed by atoms with Crippen molar-refractivity contribution in [2.24, 2.45) is 0 Å². The van der Waals surface area contributed by atoms with Crippen molar-refractivity contribution < 1.29 is 28.5 Å². The number of allylic oxidation sites excluding steroid dienone is 2. The number of esters is 1. The second kappa shape index (κ2) is 8.87. The van der Waals surface area contributed by atoms with E-state index in [0.29, 0.717) is 6.61 Å². The summed E-state index contributed by atoms with van der Waals surface area (Å²) >= 11 is 0. The minimum absolute atomic E-state index is 0.0357. The van der Waals surface area contributed by atoms with Crippen molar-refractivity contribution >= 4 is 5.97 Å². The van der Waals surface area contributed by atoms with Crippen LogP contribution in [0.2, 0.25) is 0 Å². The van der Waals surface area contributed by atoms with Gasteiger partial charge < -0.3 is 23.7 Å². The normalized spacial score (nSPS) is 25.6. The van der Waals surface area contributed by atoms with Gasteiger partial charge in [-0.3, -0.25) is 4.79 Å². The van der Waals surface area contributed by atoms with Gasteiger partial charge in [-0.2, -0.15) is 0 Å². The molecule has 0 amide bonds. The third-order valence-electron chi connectivity index (χ3n) is 4.26. The number of hydrogen-bond donors (Lipinski definition) is 0. The van der Waals surface area contributed by atoms with Crippen LogP contribution >= 0.6 is 0 Å². The van der Waals surface area contributed by atoms with Gasteiger partial charge in [0.1, 0.15) is 30.3 Å². The Balaban J connectivity index is 1.56. The maximum absolute atomic E-state index is 10.8. The highest BCUT2D eigenvalue weighted by atomic mass is 16.7. The largest absolute Gasteiger partial charge is 0.497 e. The molecule has 2 aliphatic heterocycles. The number of carbonyl (C=O) groups excluding carboxylic acids is 1. The summed E-state index contributed by atoms with van der Waals surface area (Å²) < 4.78 is 28.1. The van der Waals surface area contributed by atoms with Crippen LogP contribution < -0.4 is 4.74 Å². The van der Waals surface area contributed by atoms with E-state index in [1.165, 1.54) is 6.92 Å². The first kappa shape index (κ1) is 18.5. The van der Waals surface area contributed by atoms with Crippen LogP contribution in [0.25, 0.3) is 0 Å². The van der Waals surface area contributed by atoms with Gasteiger partial charge in [0.15, 0.2) is 6.29 Å². The molecule has 3 atom stereocenters. The van der Waals surface area contributed by atoms with E-state index in [0.717, 1.165) is 29.9 Å². The highest BCUT2D eigenvalue weighted by Crippen LogP contribution is 2.33. The van der Waals surface area contributed by atoms with E-state index in [2.05, 4.69) is 0 Å². The molecule has 1 fully saturated rings. The number of rotatable bonds is 5. The Kier molecular flexibility index (Phi) is 6.30. The monoisotopic (exact) mass is 360 g/mol. The molecule has 2 aliphatic rings. The fourth-order valence-corrected chi connectivity index (χ4v) is 2.92. The van der Waals surface area contributed by atoms with Crippen molar-refractivity contribution in [2.75, 3.05) is 20.3 Å². The lowest BCUT2D eigenvalue weighted by atomic mass is 10.1. The molecule has 140 valence electrons. The summed E-state index contributed by atoms with van der Waals surface area (Å²) in [5.41, 5.74) is 0.961. The average Bonchev–Trinajstić information content (AvgIpc) is 2.86. The Hall–Kier alpha value is -2.31. The number of carbonyl (C=O) groups is 1. The topological polar surface area (TPSA) is 63.2 Å². The third kappa shape index (κ3) is 4.86. The number of benzene rings is 1. The van der Waals surface area contributed by atoms with Crippen LogP contribution in [-0.4, -0.2) is 38.5 Å². The van der Waals surface area contributed by atoms with Gasteiger partial charge in [0.05, 0.1) is 13.7 Å². The van der Waals surface area contributed by atoms with Gasteiger partial charge in [-0.1, -0.05) is 12.1 Å². The van der Waals surface area contributed by atoms with Crippen LogP contribution in [0.4, 0.5) is 0 Å². The van der Waals surface area contributed by atoms with Gasteiger partial charge in [-0.15, -0.1) is 0 Å². The lowest BCUT2D eigenvalue weighted by Gasteiger charge is -2.35. The van der Waals surface area contributed by atoms with Crippen LogP contribution in [-0.2, 0) is 23.7 Å². The molecule has 0 aliphatic carbocycles. The van der Waals surface area contributed by atoms with Crippen LogP contribution in [0.1, 0.15) is 31.6 Å². The molecule has 0 N–H and O–H groups in total. The molecule has 1 aromatic carbocycles. The second-order valence-corrected chi connectivity index (χ2v) is 6.16. The van der Waals surface area contributed by atoms with Gasteiger partial charge >= 0.3 is 5.97 Å². The summed E-state index contributed by atoms with van der Waals surface area (Å²) in [5.74, 6) is 1.25. The molecule has 2 heterocycles. The number of methoxy groups -OCH3 is 1. The van der Waals surface area contributed by atoms with Gasteiger partial charge in [0, 0.05) is 12.5 Å². The van der Waals surface area contributed by atoms with E-state index in [-0.39, 0.29) is 24.8 Å². The summed E-state index contributed by atoms with van der Waals surface area (Å²) in [6.45, 7) is 2.07. The van der Waals surface area contributed by atoms with Gasteiger partial charge in [0.25, 0.3) is 0 Å². The Labute approximate surface area is 153 Å². The molecular weight excluding hydrogens is 336 g/mol. The van der Waals surface area contributed by atoms with Crippen molar-refractivity contribution in [1.82, 2.24) is 0 Å². The van der Waals surface area contributed by atoms with Gasteiger partial charge in [-0.25, -0.2) is 0 Å². The molecule has 1 saturated heterocycles. The van der Waals surface area contributed by atoms with E-state index in [1.54, 1.807) is 13.2 Å². The maximum Gasteiger partial charge on any atom is 0.302 e. The van der Waals surface area contributed by atoms with Crippen molar-refractivity contribution in [1.29, 1.82) is 0 Å². The average molecular weight is 360 g/mol. The van der Waals surface area contributed by atoms with Crippen LogP contribution in [0.15, 0.2) is 48.3 Å². The van der Waals surface area contributed by atoms with Crippen molar-refractivity contribution in [3.63, 3.8) is 0 Å². The summed E-state index contributed by atoms with van der Waals surface area (Å²) in [4.78, 5) is 10.8.